The summed E-state index contributed by atoms with van der Waals surface area (Å²) in [7, 11) is -3.50. The van der Waals surface area contributed by atoms with Crippen molar-refractivity contribution in [1.82, 2.24) is 9.73 Å². The molecule has 112 valence electrons. The van der Waals surface area contributed by atoms with E-state index in [0.717, 1.165) is 5.56 Å². The van der Waals surface area contributed by atoms with Crippen LogP contribution in [0.25, 0.3) is 0 Å². The number of benzene rings is 1. The standard InChI is InChI=1S/C13H15N3O4S/c17-13-12(9-14-15-13)10-1-3-11(4-2-10)21(18,19)16-5-7-20-8-6-16/h1-4,9,12H,5-8H2,(H,15,17). The average molecular weight is 309 g/mol. The Kier molecular flexibility index (Phi) is 3.75. The van der Waals surface area contributed by atoms with Crippen LogP contribution in [0.5, 0.6) is 0 Å². The number of carbonyl (C=O) groups is 1. The molecule has 2 aliphatic rings. The summed E-state index contributed by atoms with van der Waals surface area (Å²) in [4.78, 5) is 11.8. The van der Waals surface area contributed by atoms with Crippen molar-refractivity contribution in [3.8, 4) is 0 Å². The predicted octanol–water partition coefficient (Wildman–Crippen LogP) is -0.0933. The molecule has 1 saturated heterocycles. The number of rotatable bonds is 3. The normalized spacial score (nSPS) is 23.2. The largest absolute Gasteiger partial charge is 0.379 e. The lowest BCUT2D eigenvalue weighted by Crippen LogP contribution is -2.40. The fourth-order valence-corrected chi connectivity index (χ4v) is 3.74. The maximum atomic E-state index is 12.4. The molecule has 21 heavy (non-hydrogen) atoms. The van der Waals surface area contributed by atoms with Crippen molar-refractivity contribution >= 4 is 22.1 Å². The smallest absolute Gasteiger partial charge is 0.253 e. The average Bonchev–Trinajstić information content (AvgIpc) is 2.94. The molecular formula is C13H15N3O4S. The number of hydrazone groups is 1. The molecule has 1 fully saturated rings. The van der Waals surface area contributed by atoms with Gasteiger partial charge in [0.25, 0.3) is 5.91 Å². The number of morpholine rings is 1. The second-order valence-corrected chi connectivity index (χ2v) is 6.76. The van der Waals surface area contributed by atoms with Crippen molar-refractivity contribution in [3.63, 3.8) is 0 Å². The summed E-state index contributed by atoms with van der Waals surface area (Å²) < 4.78 is 31.5. The molecule has 1 aromatic rings. The summed E-state index contributed by atoms with van der Waals surface area (Å²) in [5.41, 5.74) is 3.07. The Balaban J connectivity index is 1.83. The van der Waals surface area contributed by atoms with Gasteiger partial charge in [-0.1, -0.05) is 12.1 Å². The number of amides is 1. The Bertz CT molecular complexity index is 663. The van der Waals surface area contributed by atoms with E-state index in [4.69, 9.17) is 4.74 Å². The summed E-state index contributed by atoms with van der Waals surface area (Å²) in [5, 5.41) is 3.70. The Hall–Kier alpha value is -1.77. The summed E-state index contributed by atoms with van der Waals surface area (Å²) in [6.45, 7) is 1.55. The van der Waals surface area contributed by atoms with Crippen LogP contribution in [0.2, 0.25) is 0 Å². The number of hydrogen-bond donors (Lipinski definition) is 1. The van der Waals surface area contributed by atoms with E-state index in [-0.39, 0.29) is 10.8 Å². The first-order chi connectivity index (χ1) is 10.1. The van der Waals surface area contributed by atoms with Gasteiger partial charge in [-0.15, -0.1) is 0 Å². The molecule has 1 atom stereocenters. The van der Waals surface area contributed by atoms with Gasteiger partial charge in [0.15, 0.2) is 0 Å². The van der Waals surface area contributed by atoms with Gasteiger partial charge in [-0.3, -0.25) is 4.79 Å². The monoisotopic (exact) mass is 309 g/mol. The molecule has 3 rings (SSSR count). The molecule has 8 heteroatoms. The molecule has 0 aliphatic carbocycles. The molecular weight excluding hydrogens is 294 g/mol. The van der Waals surface area contributed by atoms with Crippen LogP contribution in [0.4, 0.5) is 0 Å². The molecule has 7 nitrogen and oxygen atoms in total. The highest BCUT2D eigenvalue weighted by Gasteiger charge is 2.27. The molecule has 0 bridgehead atoms. The molecule has 1 aromatic carbocycles. The molecule has 1 unspecified atom stereocenters. The molecule has 1 N–H and O–H groups in total. The quantitative estimate of drug-likeness (QED) is 0.845. The highest BCUT2D eigenvalue weighted by molar-refractivity contribution is 7.89. The highest BCUT2D eigenvalue weighted by atomic mass is 32.2. The first-order valence-electron chi connectivity index (χ1n) is 6.60. The van der Waals surface area contributed by atoms with Crippen LogP contribution in [0.3, 0.4) is 0 Å². The van der Waals surface area contributed by atoms with Gasteiger partial charge in [0.05, 0.1) is 18.1 Å². The zero-order valence-corrected chi connectivity index (χ0v) is 12.0. The maximum absolute atomic E-state index is 12.4. The molecule has 2 aliphatic heterocycles. The van der Waals surface area contributed by atoms with Gasteiger partial charge >= 0.3 is 0 Å². The minimum atomic E-state index is -3.50. The zero-order chi connectivity index (χ0) is 14.9. The van der Waals surface area contributed by atoms with Crippen LogP contribution in [0.15, 0.2) is 34.3 Å². The lowest BCUT2D eigenvalue weighted by Gasteiger charge is -2.26. The van der Waals surface area contributed by atoms with E-state index in [1.165, 1.54) is 22.7 Å². The third-order valence-corrected chi connectivity index (χ3v) is 5.44. The summed E-state index contributed by atoms with van der Waals surface area (Å²) in [5.74, 6) is -0.663. The zero-order valence-electron chi connectivity index (χ0n) is 11.2. The molecule has 2 heterocycles. The van der Waals surface area contributed by atoms with Gasteiger partial charge in [-0.05, 0) is 17.7 Å². The minimum Gasteiger partial charge on any atom is -0.379 e. The molecule has 0 aromatic heterocycles. The topological polar surface area (TPSA) is 88.1 Å². The summed E-state index contributed by atoms with van der Waals surface area (Å²) in [6.07, 6.45) is 1.51. The van der Waals surface area contributed by atoms with Crippen molar-refractivity contribution in [2.75, 3.05) is 26.3 Å². The number of carbonyl (C=O) groups excluding carboxylic acids is 1. The molecule has 0 saturated carbocycles. The SMILES string of the molecule is O=C1NN=CC1c1ccc(S(=O)(=O)N2CCOCC2)cc1. The van der Waals surface area contributed by atoms with Gasteiger partial charge < -0.3 is 4.74 Å². The van der Waals surface area contributed by atoms with E-state index < -0.39 is 15.9 Å². The number of hydrogen-bond acceptors (Lipinski definition) is 5. The van der Waals surface area contributed by atoms with Crippen molar-refractivity contribution in [2.45, 2.75) is 10.8 Å². The number of sulfonamides is 1. The number of nitrogens with zero attached hydrogens (tertiary/aromatic N) is 2. The molecule has 0 spiro atoms. The predicted molar refractivity (Wildman–Crippen MR) is 75.4 cm³/mol. The van der Waals surface area contributed by atoms with Gasteiger partial charge in [-0.25, -0.2) is 13.8 Å². The van der Waals surface area contributed by atoms with Gasteiger partial charge in [0, 0.05) is 19.3 Å². The summed E-state index contributed by atoms with van der Waals surface area (Å²) in [6, 6.07) is 6.35. The maximum Gasteiger partial charge on any atom is 0.253 e. The van der Waals surface area contributed by atoms with E-state index >= 15 is 0 Å². The molecule has 1 amide bonds. The van der Waals surface area contributed by atoms with Gasteiger partial charge in [0.2, 0.25) is 10.0 Å². The third kappa shape index (κ3) is 2.69. The van der Waals surface area contributed by atoms with Gasteiger partial charge in [0.1, 0.15) is 5.92 Å². The third-order valence-electron chi connectivity index (χ3n) is 3.53. The van der Waals surface area contributed by atoms with E-state index in [9.17, 15) is 13.2 Å². The fourth-order valence-electron chi connectivity index (χ4n) is 2.33. The van der Waals surface area contributed by atoms with Crippen LogP contribution in [-0.4, -0.2) is 51.1 Å². The summed E-state index contributed by atoms with van der Waals surface area (Å²) >= 11 is 0. The Morgan fingerprint density at radius 3 is 2.43 bits per heavy atom. The van der Waals surface area contributed by atoms with Crippen LogP contribution in [0.1, 0.15) is 11.5 Å². The van der Waals surface area contributed by atoms with Crippen LogP contribution in [0, 0.1) is 0 Å². The number of ether oxygens (including phenoxy) is 1. The van der Waals surface area contributed by atoms with Crippen LogP contribution >= 0.6 is 0 Å². The lowest BCUT2D eigenvalue weighted by atomic mass is 10.0. The Morgan fingerprint density at radius 1 is 1.19 bits per heavy atom. The van der Waals surface area contributed by atoms with E-state index in [1.807, 2.05) is 0 Å². The number of nitrogens with one attached hydrogen (secondary N) is 1. The Labute approximate surface area is 122 Å². The van der Waals surface area contributed by atoms with E-state index in [0.29, 0.717) is 26.3 Å². The minimum absolute atomic E-state index is 0.209. The molecule has 0 radical (unpaired) electrons. The van der Waals surface area contributed by atoms with E-state index in [1.54, 1.807) is 12.1 Å². The van der Waals surface area contributed by atoms with Crippen molar-refractivity contribution in [2.24, 2.45) is 5.10 Å². The van der Waals surface area contributed by atoms with Gasteiger partial charge in [-0.2, -0.15) is 9.41 Å². The highest BCUT2D eigenvalue weighted by Crippen LogP contribution is 2.22. The van der Waals surface area contributed by atoms with Crippen LogP contribution < -0.4 is 5.43 Å². The second kappa shape index (κ2) is 5.55. The first kappa shape index (κ1) is 14.2. The van der Waals surface area contributed by atoms with Crippen molar-refractivity contribution < 1.29 is 17.9 Å². The van der Waals surface area contributed by atoms with E-state index in [2.05, 4.69) is 10.5 Å². The van der Waals surface area contributed by atoms with Crippen molar-refractivity contribution in [1.29, 1.82) is 0 Å². The first-order valence-corrected chi connectivity index (χ1v) is 8.04. The fraction of sp³-hybridized carbons (Fsp3) is 0.385. The lowest BCUT2D eigenvalue weighted by molar-refractivity contribution is -0.120. The second-order valence-electron chi connectivity index (χ2n) is 4.82. The Morgan fingerprint density at radius 2 is 1.86 bits per heavy atom. The van der Waals surface area contributed by atoms with Crippen LogP contribution in [-0.2, 0) is 19.6 Å². The van der Waals surface area contributed by atoms with Crippen molar-refractivity contribution in [3.05, 3.63) is 29.8 Å².